The number of rotatable bonds is 9. The van der Waals surface area contributed by atoms with Crippen molar-refractivity contribution in [1.82, 2.24) is 20.4 Å². The highest BCUT2D eigenvalue weighted by molar-refractivity contribution is 5.94. The number of aliphatic hydroxyl groups is 1. The highest BCUT2D eigenvalue weighted by Gasteiger charge is 2.46. The van der Waals surface area contributed by atoms with Crippen LogP contribution in [-0.4, -0.2) is 82.4 Å². The van der Waals surface area contributed by atoms with Crippen LogP contribution in [0.5, 0.6) is 0 Å². The molecule has 2 saturated heterocycles. The Bertz CT molecular complexity index is 815. The lowest BCUT2D eigenvalue weighted by molar-refractivity contribution is -0.148. The minimum Gasteiger partial charge on any atom is -0.381 e. The van der Waals surface area contributed by atoms with Crippen LogP contribution < -0.4 is 10.6 Å². The quantitative estimate of drug-likeness (QED) is 0.448. The van der Waals surface area contributed by atoms with E-state index in [1.54, 1.807) is 23.6 Å². The van der Waals surface area contributed by atoms with Crippen molar-refractivity contribution < 1.29 is 24.3 Å². The molecule has 9 nitrogen and oxygen atoms in total. The molecule has 0 aromatic heterocycles. The first kappa shape index (κ1) is 27.4. The summed E-state index contributed by atoms with van der Waals surface area (Å²) in [4.78, 5) is 55.6. The Kier molecular flexibility index (Phi) is 8.50. The number of nitrogens with one attached hydrogen (secondary N) is 2. The van der Waals surface area contributed by atoms with Crippen molar-refractivity contribution in [3.8, 4) is 0 Å². The van der Waals surface area contributed by atoms with Gasteiger partial charge in [-0.1, -0.05) is 54.4 Å². The molecule has 5 atom stereocenters. The summed E-state index contributed by atoms with van der Waals surface area (Å²) in [5.74, 6) is -1.10. The second-order valence-electron chi connectivity index (χ2n) is 12.1. The van der Waals surface area contributed by atoms with E-state index in [4.69, 9.17) is 0 Å². The normalized spacial score (nSPS) is 25.0. The molecule has 35 heavy (non-hydrogen) atoms. The summed E-state index contributed by atoms with van der Waals surface area (Å²) in [5.41, 5.74) is -0.539. The summed E-state index contributed by atoms with van der Waals surface area (Å²) in [6.45, 7) is 12.9. The average Bonchev–Trinajstić information content (AvgIpc) is 3.46. The standard InChI is InChI=1S/C26H44N4O5/c1-15(2)22(32)28-21(26(4,5)6)25(35)30-13-10-16(3)19(30)23(33)27-18(14-17-8-9-17)20(31)24(34)29-11-7-12-29/h15-21,31H,7-14H2,1-6H3,(H,27,33)(H,28,32)/t16-,18?,19-,20?,21+/m0/s1. The molecule has 0 bridgehead atoms. The van der Waals surface area contributed by atoms with Crippen LogP contribution in [0.25, 0.3) is 0 Å². The van der Waals surface area contributed by atoms with Crippen molar-refractivity contribution in [2.24, 2.45) is 23.2 Å². The van der Waals surface area contributed by atoms with Gasteiger partial charge in [0.05, 0.1) is 6.04 Å². The van der Waals surface area contributed by atoms with Crippen molar-refractivity contribution in [3.63, 3.8) is 0 Å². The van der Waals surface area contributed by atoms with E-state index in [2.05, 4.69) is 10.6 Å². The van der Waals surface area contributed by atoms with E-state index in [1.165, 1.54) is 0 Å². The fourth-order valence-electron chi connectivity index (χ4n) is 4.86. The third-order valence-electron chi connectivity index (χ3n) is 7.59. The van der Waals surface area contributed by atoms with E-state index >= 15 is 0 Å². The first-order valence-electron chi connectivity index (χ1n) is 13.2. The topological polar surface area (TPSA) is 119 Å². The molecule has 2 heterocycles. The summed E-state index contributed by atoms with van der Waals surface area (Å²) in [6.07, 6.45) is 2.93. The van der Waals surface area contributed by atoms with Gasteiger partial charge in [-0.2, -0.15) is 0 Å². The highest BCUT2D eigenvalue weighted by atomic mass is 16.3. The van der Waals surface area contributed by atoms with Crippen molar-refractivity contribution >= 4 is 23.6 Å². The number of carbonyl (C=O) groups excluding carboxylic acids is 4. The summed E-state index contributed by atoms with van der Waals surface area (Å²) < 4.78 is 0. The first-order valence-corrected chi connectivity index (χ1v) is 13.2. The fraction of sp³-hybridized carbons (Fsp3) is 0.846. The summed E-state index contributed by atoms with van der Waals surface area (Å²) >= 11 is 0. The van der Waals surface area contributed by atoms with Crippen LogP contribution in [0.4, 0.5) is 0 Å². The van der Waals surface area contributed by atoms with Gasteiger partial charge in [0, 0.05) is 25.6 Å². The average molecular weight is 493 g/mol. The Morgan fingerprint density at radius 3 is 2.09 bits per heavy atom. The van der Waals surface area contributed by atoms with Crippen molar-refractivity contribution in [1.29, 1.82) is 0 Å². The molecule has 198 valence electrons. The number of likely N-dealkylation sites (tertiary alicyclic amines) is 2. The number of aliphatic hydroxyl groups excluding tert-OH is 1. The maximum atomic E-state index is 13.7. The SMILES string of the molecule is CC(C)C(=O)N[C@H](C(=O)N1CC[C@H](C)[C@H]1C(=O)NC(CC1CC1)C(O)C(=O)N1CCC1)C(C)(C)C. The van der Waals surface area contributed by atoms with E-state index in [0.29, 0.717) is 38.4 Å². The lowest BCUT2D eigenvalue weighted by Crippen LogP contribution is -2.61. The largest absolute Gasteiger partial charge is 0.381 e. The minimum atomic E-state index is -1.28. The molecule has 3 fully saturated rings. The maximum Gasteiger partial charge on any atom is 0.253 e. The predicted molar refractivity (Wildman–Crippen MR) is 132 cm³/mol. The zero-order valence-electron chi connectivity index (χ0n) is 22.2. The molecule has 0 aromatic rings. The molecule has 2 aliphatic heterocycles. The Labute approximate surface area is 209 Å². The van der Waals surface area contributed by atoms with Crippen molar-refractivity contribution in [3.05, 3.63) is 0 Å². The summed E-state index contributed by atoms with van der Waals surface area (Å²) in [5, 5.41) is 16.7. The van der Waals surface area contributed by atoms with Gasteiger partial charge < -0.3 is 25.5 Å². The molecule has 0 aromatic carbocycles. The summed E-state index contributed by atoms with van der Waals surface area (Å²) in [6, 6.07) is -2.15. The van der Waals surface area contributed by atoms with Gasteiger partial charge in [-0.15, -0.1) is 0 Å². The third kappa shape index (κ3) is 6.54. The number of hydrogen-bond acceptors (Lipinski definition) is 5. The van der Waals surface area contributed by atoms with Gasteiger partial charge in [0.15, 0.2) is 6.10 Å². The third-order valence-corrected chi connectivity index (χ3v) is 7.59. The van der Waals surface area contributed by atoms with E-state index in [0.717, 1.165) is 19.3 Å². The molecule has 0 radical (unpaired) electrons. The molecule has 3 aliphatic rings. The fourth-order valence-corrected chi connectivity index (χ4v) is 4.86. The molecule has 1 aliphatic carbocycles. The first-order chi connectivity index (χ1) is 16.3. The minimum absolute atomic E-state index is 0.0785. The Morgan fingerprint density at radius 1 is 0.971 bits per heavy atom. The monoisotopic (exact) mass is 492 g/mol. The van der Waals surface area contributed by atoms with Gasteiger partial charge in [-0.3, -0.25) is 19.2 Å². The smallest absolute Gasteiger partial charge is 0.253 e. The van der Waals surface area contributed by atoms with Gasteiger partial charge >= 0.3 is 0 Å². The number of hydrogen-bond donors (Lipinski definition) is 3. The molecule has 3 N–H and O–H groups in total. The lowest BCUT2D eigenvalue weighted by Gasteiger charge is -2.37. The zero-order chi connectivity index (χ0) is 26.1. The molecule has 4 amide bonds. The number of carbonyl (C=O) groups is 4. The van der Waals surface area contributed by atoms with Gasteiger partial charge in [0.25, 0.3) is 5.91 Å². The van der Waals surface area contributed by atoms with E-state index < -0.39 is 29.6 Å². The highest BCUT2D eigenvalue weighted by Crippen LogP contribution is 2.35. The van der Waals surface area contributed by atoms with E-state index in [9.17, 15) is 24.3 Å². The number of amides is 4. The molecule has 2 unspecified atom stereocenters. The van der Waals surface area contributed by atoms with Crippen LogP contribution in [0.15, 0.2) is 0 Å². The van der Waals surface area contributed by atoms with Gasteiger partial charge in [0.2, 0.25) is 17.7 Å². The van der Waals surface area contributed by atoms with Crippen LogP contribution in [0.1, 0.15) is 73.6 Å². The van der Waals surface area contributed by atoms with E-state index in [-0.39, 0.29) is 35.5 Å². The molecular weight excluding hydrogens is 448 g/mol. The predicted octanol–water partition coefficient (Wildman–Crippen LogP) is 1.29. The molecular formula is C26H44N4O5. The van der Waals surface area contributed by atoms with Crippen LogP contribution in [-0.2, 0) is 19.2 Å². The van der Waals surface area contributed by atoms with Crippen molar-refractivity contribution in [2.75, 3.05) is 19.6 Å². The van der Waals surface area contributed by atoms with Crippen LogP contribution in [0, 0.1) is 23.2 Å². The molecule has 1 saturated carbocycles. The van der Waals surface area contributed by atoms with Gasteiger partial charge in [0.1, 0.15) is 12.1 Å². The van der Waals surface area contributed by atoms with Crippen LogP contribution in [0.3, 0.4) is 0 Å². The Balaban J connectivity index is 1.75. The molecule has 3 rings (SSSR count). The second-order valence-corrected chi connectivity index (χ2v) is 12.1. The van der Waals surface area contributed by atoms with Crippen LogP contribution in [0.2, 0.25) is 0 Å². The lowest BCUT2D eigenvalue weighted by atomic mass is 9.85. The maximum absolute atomic E-state index is 13.7. The van der Waals surface area contributed by atoms with Crippen LogP contribution >= 0.6 is 0 Å². The van der Waals surface area contributed by atoms with Gasteiger partial charge in [-0.05, 0) is 36.5 Å². The zero-order valence-corrected chi connectivity index (χ0v) is 22.2. The second kappa shape index (κ2) is 10.8. The summed E-state index contributed by atoms with van der Waals surface area (Å²) in [7, 11) is 0. The Morgan fingerprint density at radius 2 is 1.60 bits per heavy atom. The molecule has 0 spiro atoms. The van der Waals surface area contributed by atoms with Gasteiger partial charge in [-0.25, -0.2) is 0 Å². The molecule has 9 heteroatoms. The number of nitrogens with zero attached hydrogens (tertiary/aromatic N) is 2. The Hall–Kier alpha value is -2.16. The van der Waals surface area contributed by atoms with E-state index in [1.807, 2.05) is 27.7 Å². The van der Waals surface area contributed by atoms with Crippen molar-refractivity contribution in [2.45, 2.75) is 97.9 Å².